The number of H-pyrrole nitrogens is 1. The van der Waals surface area contributed by atoms with Crippen LogP contribution in [0.1, 0.15) is 17.4 Å². The number of morpholine rings is 1. The van der Waals surface area contributed by atoms with E-state index in [1.54, 1.807) is 32.1 Å². The molecule has 0 saturated carbocycles. The van der Waals surface area contributed by atoms with Gasteiger partial charge >= 0.3 is 0 Å². The van der Waals surface area contributed by atoms with Gasteiger partial charge in [-0.2, -0.15) is 0 Å². The highest BCUT2D eigenvalue weighted by molar-refractivity contribution is 5.83. The SMILES string of the molecule is COCCn1nnnc1C(c1cc2cc(OC)c(OC)cc2[nH]c1=O)N1CCOCC1. The Labute approximate surface area is 178 Å². The van der Waals surface area contributed by atoms with Crippen LogP contribution in [0.4, 0.5) is 0 Å². The minimum Gasteiger partial charge on any atom is -0.493 e. The molecule has 166 valence electrons. The maximum Gasteiger partial charge on any atom is 0.253 e. The summed E-state index contributed by atoms with van der Waals surface area (Å²) < 4.78 is 23.2. The van der Waals surface area contributed by atoms with Gasteiger partial charge in [0.05, 0.1) is 46.1 Å². The highest BCUT2D eigenvalue weighted by Gasteiger charge is 2.31. The van der Waals surface area contributed by atoms with E-state index in [1.807, 2.05) is 12.1 Å². The third kappa shape index (κ3) is 4.24. The molecule has 2 aromatic heterocycles. The molecule has 0 bridgehead atoms. The number of nitrogens with one attached hydrogen (secondary N) is 1. The Morgan fingerprint density at radius 2 is 1.87 bits per heavy atom. The van der Waals surface area contributed by atoms with Gasteiger partial charge in [-0.25, -0.2) is 4.68 Å². The maximum absolute atomic E-state index is 13.2. The largest absolute Gasteiger partial charge is 0.493 e. The molecule has 1 aliphatic rings. The second-order valence-corrected chi connectivity index (χ2v) is 7.15. The first kappa shape index (κ1) is 21.2. The van der Waals surface area contributed by atoms with Crippen LogP contribution < -0.4 is 15.0 Å². The third-order valence-corrected chi connectivity index (χ3v) is 5.39. The van der Waals surface area contributed by atoms with Crippen LogP contribution >= 0.6 is 0 Å². The van der Waals surface area contributed by atoms with Crippen molar-refractivity contribution in [1.29, 1.82) is 0 Å². The Balaban J connectivity index is 1.85. The van der Waals surface area contributed by atoms with Crippen LogP contribution in [0, 0.1) is 0 Å². The molecule has 0 aliphatic carbocycles. The summed E-state index contributed by atoms with van der Waals surface area (Å²) in [5.74, 6) is 1.72. The van der Waals surface area contributed by atoms with Crippen LogP contribution in [0.2, 0.25) is 0 Å². The van der Waals surface area contributed by atoms with E-state index in [4.69, 9.17) is 18.9 Å². The zero-order valence-corrected chi connectivity index (χ0v) is 17.8. The Kier molecular flexibility index (Phi) is 6.44. The van der Waals surface area contributed by atoms with E-state index in [1.165, 1.54) is 0 Å². The van der Waals surface area contributed by atoms with Crippen LogP contribution in [0.3, 0.4) is 0 Å². The number of tetrazole rings is 1. The molecule has 3 heterocycles. The fourth-order valence-electron chi connectivity index (χ4n) is 3.83. The number of methoxy groups -OCH3 is 3. The molecule has 0 radical (unpaired) electrons. The molecule has 1 atom stereocenters. The minimum absolute atomic E-state index is 0.211. The standard InChI is InChI=1S/C20H26N6O5/c1-28-7-6-26-19(22-23-24-26)18(25-4-8-31-9-5-25)14-10-13-11-16(29-2)17(30-3)12-15(13)21-20(14)27/h10-12,18H,4-9H2,1-3H3,(H,21,27). The number of fused-ring (bicyclic) bond motifs is 1. The number of hydrogen-bond donors (Lipinski definition) is 1. The van der Waals surface area contributed by atoms with Gasteiger partial charge in [-0.1, -0.05) is 0 Å². The molecule has 1 fully saturated rings. The first-order valence-corrected chi connectivity index (χ1v) is 10.0. The topological polar surface area (TPSA) is 117 Å². The smallest absolute Gasteiger partial charge is 0.253 e. The number of pyridine rings is 1. The number of hydrogen-bond acceptors (Lipinski definition) is 9. The van der Waals surface area contributed by atoms with Crippen LogP contribution in [-0.4, -0.2) is 84.3 Å². The van der Waals surface area contributed by atoms with Crippen molar-refractivity contribution in [3.63, 3.8) is 0 Å². The average Bonchev–Trinajstić information content (AvgIpc) is 3.26. The van der Waals surface area contributed by atoms with Gasteiger partial charge in [-0.3, -0.25) is 9.69 Å². The molecule has 31 heavy (non-hydrogen) atoms. The van der Waals surface area contributed by atoms with Gasteiger partial charge in [0, 0.05) is 37.2 Å². The van der Waals surface area contributed by atoms with Crippen molar-refractivity contribution < 1.29 is 18.9 Å². The van der Waals surface area contributed by atoms with Gasteiger partial charge in [0.15, 0.2) is 17.3 Å². The zero-order chi connectivity index (χ0) is 21.8. The lowest BCUT2D eigenvalue weighted by Gasteiger charge is -2.33. The summed E-state index contributed by atoms with van der Waals surface area (Å²) in [6.07, 6.45) is 0. The molecule has 0 amide bonds. The second kappa shape index (κ2) is 9.41. The van der Waals surface area contributed by atoms with Gasteiger partial charge in [-0.15, -0.1) is 5.10 Å². The predicted octanol–water partition coefficient (Wildman–Crippen LogP) is 0.600. The monoisotopic (exact) mass is 430 g/mol. The maximum atomic E-state index is 13.2. The van der Waals surface area contributed by atoms with E-state index >= 15 is 0 Å². The average molecular weight is 430 g/mol. The summed E-state index contributed by atoms with van der Waals surface area (Å²) >= 11 is 0. The van der Waals surface area contributed by atoms with Gasteiger partial charge in [-0.05, 0) is 22.6 Å². The molecular weight excluding hydrogens is 404 g/mol. The van der Waals surface area contributed by atoms with Crippen molar-refractivity contribution >= 4 is 10.9 Å². The summed E-state index contributed by atoms with van der Waals surface area (Å²) in [6.45, 7) is 3.41. The quantitative estimate of drug-likeness (QED) is 0.548. The number of nitrogens with zero attached hydrogens (tertiary/aromatic N) is 5. The van der Waals surface area contributed by atoms with Gasteiger partial charge in [0.25, 0.3) is 5.56 Å². The summed E-state index contributed by atoms with van der Waals surface area (Å²) in [5, 5.41) is 13.1. The molecule has 4 rings (SSSR count). The van der Waals surface area contributed by atoms with Crippen molar-refractivity contribution in [2.24, 2.45) is 0 Å². The van der Waals surface area contributed by atoms with Crippen LogP contribution in [0.15, 0.2) is 23.0 Å². The molecule has 1 aromatic carbocycles. The van der Waals surface area contributed by atoms with E-state index in [0.717, 1.165) is 5.39 Å². The van der Waals surface area contributed by atoms with E-state index in [2.05, 4.69) is 25.4 Å². The van der Waals surface area contributed by atoms with Gasteiger partial charge in [0.1, 0.15) is 6.04 Å². The first-order chi connectivity index (χ1) is 15.2. The highest BCUT2D eigenvalue weighted by atomic mass is 16.5. The van der Waals surface area contributed by atoms with Crippen molar-refractivity contribution in [1.82, 2.24) is 30.1 Å². The van der Waals surface area contributed by atoms with Gasteiger partial charge < -0.3 is 23.9 Å². The molecule has 3 aromatic rings. The Bertz CT molecular complexity index is 1090. The Morgan fingerprint density at radius 1 is 1.13 bits per heavy atom. The number of aromatic nitrogens is 5. The fraction of sp³-hybridized carbons (Fsp3) is 0.500. The van der Waals surface area contributed by atoms with Crippen molar-refractivity contribution in [2.75, 3.05) is 54.2 Å². The van der Waals surface area contributed by atoms with E-state index in [-0.39, 0.29) is 5.56 Å². The molecular formula is C20H26N6O5. The summed E-state index contributed by atoms with van der Waals surface area (Å²) in [6, 6.07) is 5.03. The Morgan fingerprint density at radius 3 is 2.58 bits per heavy atom. The van der Waals surface area contributed by atoms with Crippen LogP contribution in [0.25, 0.3) is 10.9 Å². The molecule has 1 saturated heterocycles. The normalized spacial score (nSPS) is 15.8. The van der Waals surface area contributed by atoms with Gasteiger partial charge in [0.2, 0.25) is 0 Å². The zero-order valence-electron chi connectivity index (χ0n) is 17.8. The third-order valence-electron chi connectivity index (χ3n) is 5.39. The molecule has 0 spiro atoms. The Hall–Kier alpha value is -3.02. The van der Waals surface area contributed by atoms with Crippen molar-refractivity contribution in [3.8, 4) is 11.5 Å². The molecule has 1 unspecified atom stereocenters. The first-order valence-electron chi connectivity index (χ1n) is 10.0. The lowest BCUT2D eigenvalue weighted by molar-refractivity contribution is 0.0211. The number of benzene rings is 1. The molecule has 11 heteroatoms. The second-order valence-electron chi connectivity index (χ2n) is 7.15. The summed E-state index contributed by atoms with van der Waals surface area (Å²) in [5.41, 5.74) is 0.999. The lowest BCUT2D eigenvalue weighted by atomic mass is 10.0. The number of aromatic amines is 1. The van der Waals surface area contributed by atoms with Crippen LogP contribution in [-0.2, 0) is 16.0 Å². The number of rotatable bonds is 8. The molecule has 1 N–H and O–H groups in total. The molecule has 1 aliphatic heterocycles. The number of ether oxygens (including phenoxy) is 4. The van der Waals surface area contributed by atoms with E-state index < -0.39 is 6.04 Å². The molecule has 11 nitrogen and oxygen atoms in total. The summed E-state index contributed by atoms with van der Waals surface area (Å²) in [4.78, 5) is 18.3. The summed E-state index contributed by atoms with van der Waals surface area (Å²) in [7, 11) is 4.76. The van der Waals surface area contributed by atoms with E-state index in [0.29, 0.717) is 67.9 Å². The van der Waals surface area contributed by atoms with Crippen molar-refractivity contribution in [3.05, 3.63) is 39.9 Å². The highest BCUT2D eigenvalue weighted by Crippen LogP contribution is 2.33. The predicted molar refractivity (Wildman–Crippen MR) is 112 cm³/mol. The minimum atomic E-state index is -0.433. The lowest BCUT2D eigenvalue weighted by Crippen LogP contribution is -2.42. The fourth-order valence-corrected chi connectivity index (χ4v) is 3.83. The van der Waals surface area contributed by atoms with Crippen LogP contribution in [0.5, 0.6) is 11.5 Å². The van der Waals surface area contributed by atoms with Crippen molar-refractivity contribution in [2.45, 2.75) is 12.6 Å². The van der Waals surface area contributed by atoms with E-state index in [9.17, 15) is 4.79 Å².